The van der Waals surface area contributed by atoms with E-state index >= 15 is 0 Å². The first-order valence-electron chi connectivity index (χ1n) is 8.79. The van der Waals surface area contributed by atoms with Gasteiger partial charge in [-0.05, 0) is 37.1 Å². The van der Waals surface area contributed by atoms with Crippen molar-refractivity contribution in [1.82, 2.24) is 5.32 Å². The zero-order valence-corrected chi connectivity index (χ0v) is 17.3. The van der Waals surface area contributed by atoms with Gasteiger partial charge in [0.1, 0.15) is 6.54 Å². The summed E-state index contributed by atoms with van der Waals surface area (Å²) in [6, 6.07) is 12.5. The van der Waals surface area contributed by atoms with Crippen LogP contribution in [0, 0.1) is 0 Å². The van der Waals surface area contributed by atoms with Crippen LogP contribution in [0.2, 0.25) is 10.0 Å². The minimum Gasteiger partial charge on any atom is -0.376 e. The fraction of sp³-hybridized carbons (Fsp3) is 0.316. The van der Waals surface area contributed by atoms with Gasteiger partial charge in [0.2, 0.25) is 5.91 Å². The average Bonchev–Trinajstić information content (AvgIpc) is 3.21. The number of ether oxygens (including phenoxy) is 1. The van der Waals surface area contributed by atoms with E-state index in [2.05, 4.69) is 5.32 Å². The molecule has 0 radical (unpaired) electrons. The molecule has 0 spiro atoms. The second-order valence-corrected chi connectivity index (χ2v) is 8.98. The van der Waals surface area contributed by atoms with E-state index in [4.69, 9.17) is 27.9 Å². The van der Waals surface area contributed by atoms with Crippen LogP contribution in [0.15, 0.2) is 53.4 Å². The molecule has 6 nitrogen and oxygen atoms in total. The maximum atomic E-state index is 13.2. The van der Waals surface area contributed by atoms with E-state index in [9.17, 15) is 13.2 Å². The molecule has 2 aromatic rings. The number of benzene rings is 2. The minimum atomic E-state index is -4.03. The lowest BCUT2D eigenvalue weighted by Gasteiger charge is -2.25. The van der Waals surface area contributed by atoms with Crippen LogP contribution in [0.1, 0.15) is 12.8 Å². The topological polar surface area (TPSA) is 75.7 Å². The van der Waals surface area contributed by atoms with Crippen molar-refractivity contribution in [3.8, 4) is 0 Å². The van der Waals surface area contributed by atoms with Gasteiger partial charge in [-0.1, -0.05) is 47.5 Å². The summed E-state index contributed by atoms with van der Waals surface area (Å²) in [4.78, 5) is 12.6. The van der Waals surface area contributed by atoms with E-state index in [1.165, 1.54) is 18.2 Å². The number of halogens is 2. The molecule has 3 rings (SSSR count). The molecule has 1 aliphatic rings. The highest BCUT2D eigenvalue weighted by Gasteiger charge is 2.29. The molecule has 1 N–H and O–H groups in total. The summed E-state index contributed by atoms with van der Waals surface area (Å²) in [5, 5.41) is 3.00. The van der Waals surface area contributed by atoms with Gasteiger partial charge in [-0.25, -0.2) is 8.42 Å². The van der Waals surface area contributed by atoms with Crippen molar-refractivity contribution < 1.29 is 17.9 Å². The Hall–Kier alpha value is -1.80. The standard InChI is InChI=1S/C19H20Cl2N2O4S/c20-16-9-4-10-17(19(16)21)23(28(25,26)15-7-2-1-3-8-15)13-18(24)22-12-14-6-5-11-27-14/h1-4,7-10,14H,5-6,11-13H2,(H,22,24)/t14-/m1/s1. The molecular formula is C19H20Cl2N2O4S. The number of hydrogen-bond donors (Lipinski definition) is 1. The molecule has 9 heteroatoms. The van der Waals surface area contributed by atoms with Gasteiger partial charge >= 0.3 is 0 Å². The molecular weight excluding hydrogens is 423 g/mol. The second-order valence-electron chi connectivity index (χ2n) is 6.34. The minimum absolute atomic E-state index is 0.0436. The molecule has 0 bridgehead atoms. The Morgan fingerprint density at radius 1 is 1.14 bits per heavy atom. The largest absolute Gasteiger partial charge is 0.376 e. The number of hydrogen-bond acceptors (Lipinski definition) is 4. The average molecular weight is 443 g/mol. The highest BCUT2D eigenvalue weighted by molar-refractivity contribution is 7.92. The number of rotatable bonds is 7. The number of nitrogens with zero attached hydrogens (tertiary/aromatic N) is 1. The van der Waals surface area contributed by atoms with Crippen molar-refractivity contribution >= 4 is 44.8 Å². The molecule has 1 aliphatic heterocycles. The van der Waals surface area contributed by atoms with E-state index in [0.29, 0.717) is 13.2 Å². The fourth-order valence-corrected chi connectivity index (χ4v) is 4.83. The van der Waals surface area contributed by atoms with E-state index in [1.807, 2.05) is 0 Å². The Morgan fingerprint density at radius 2 is 1.89 bits per heavy atom. The molecule has 1 heterocycles. The Morgan fingerprint density at radius 3 is 2.57 bits per heavy atom. The van der Waals surface area contributed by atoms with Gasteiger partial charge in [0, 0.05) is 13.2 Å². The number of nitrogens with one attached hydrogen (secondary N) is 1. The summed E-state index contributed by atoms with van der Waals surface area (Å²) in [6.07, 6.45) is 1.78. The smallest absolute Gasteiger partial charge is 0.264 e. The van der Waals surface area contributed by atoms with Crippen LogP contribution < -0.4 is 9.62 Å². The third-order valence-corrected chi connectivity index (χ3v) is 6.95. The Kier molecular flexibility index (Phi) is 6.82. The van der Waals surface area contributed by atoms with Crippen LogP contribution in [0.3, 0.4) is 0 Å². The third-order valence-electron chi connectivity index (χ3n) is 4.37. The fourth-order valence-electron chi connectivity index (χ4n) is 2.92. The first-order valence-corrected chi connectivity index (χ1v) is 11.0. The Bertz CT molecular complexity index is 932. The van der Waals surface area contributed by atoms with Gasteiger partial charge in [-0.3, -0.25) is 9.10 Å². The highest BCUT2D eigenvalue weighted by Crippen LogP contribution is 2.35. The molecule has 0 unspecified atom stereocenters. The van der Waals surface area contributed by atoms with Gasteiger partial charge in [-0.15, -0.1) is 0 Å². The Balaban J connectivity index is 1.88. The third kappa shape index (κ3) is 4.78. The van der Waals surface area contributed by atoms with Crippen molar-refractivity contribution in [3.63, 3.8) is 0 Å². The number of carbonyl (C=O) groups excluding carboxylic acids is 1. The van der Waals surface area contributed by atoms with Crippen LogP contribution in [0.5, 0.6) is 0 Å². The second kappa shape index (κ2) is 9.13. The molecule has 2 aromatic carbocycles. The maximum Gasteiger partial charge on any atom is 0.264 e. The van der Waals surface area contributed by atoms with Crippen molar-refractivity contribution in [1.29, 1.82) is 0 Å². The Labute approximate surface area is 174 Å². The molecule has 1 amide bonds. The lowest BCUT2D eigenvalue weighted by molar-refractivity contribution is -0.120. The van der Waals surface area contributed by atoms with Crippen molar-refractivity contribution in [3.05, 3.63) is 58.6 Å². The molecule has 0 aromatic heterocycles. The number of anilines is 1. The summed E-state index contributed by atoms with van der Waals surface area (Å²) in [5.41, 5.74) is 0.144. The lowest BCUT2D eigenvalue weighted by Crippen LogP contribution is -2.43. The quantitative estimate of drug-likeness (QED) is 0.711. The highest BCUT2D eigenvalue weighted by atomic mass is 35.5. The summed E-state index contributed by atoms with van der Waals surface area (Å²) >= 11 is 12.3. The van der Waals surface area contributed by atoms with Crippen LogP contribution in [-0.2, 0) is 19.6 Å². The van der Waals surface area contributed by atoms with Crippen LogP contribution in [-0.4, -0.2) is 40.1 Å². The van der Waals surface area contributed by atoms with E-state index in [0.717, 1.165) is 17.1 Å². The molecule has 1 fully saturated rings. The normalized spacial score (nSPS) is 16.7. The van der Waals surface area contributed by atoms with E-state index in [-0.39, 0.29) is 26.7 Å². The molecule has 150 valence electrons. The summed E-state index contributed by atoms with van der Waals surface area (Å²) < 4.78 is 32.9. The maximum absolute atomic E-state index is 13.2. The van der Waals surface area contributed by atoms with Gasteiger partial charge in [0.25, 0.3) is 10.0 Å². The van der Waals surface area contributed by atoms with Gasteiger partial charge in [-0.2, -0.15) is 0 Å². The zero-order valence-electron chi connectivity index (χ0n) is 15.0. The summed E-state index contributed by atoms with van der Waals surface area (Å²) in [6.45, 7) is 0.582. The molecule has 0 aliphatic carbocycles. The van der Waals surface area contributed by atoms with Gasteiger partial charge < -0.3 is 10.1 Å². The summed E-state index contributed by atoms with van der Waals surface area (Å²) in [7, 11) is -4.03. The number of carbonyl (C=O) groups is 1. The predicted octanol–water partition coefficient (Wildman–Crippen LogP) is 3.48. The van der Waals surface area contributed by atoms with E-state index < -0.39 is 22.5 Å². The number of sulfonamides is 1. The molecule has 1 saturated heterocycles. The van der Waals surface area contributed by atoms with Crippen LogP contribution in [0.25, 0.3) is 0 Å². The summed E-state index contributed by atoms with van der Waals surface area (Å²) in [5.74, 6) is -0.453. The SMILES string of the molecule is O=C(CN(c1cccc(Cl)c1Cl)S(=O)(=O)c1ccccc1)NC[C@H]1CCCO1. The van der Waals surface area contributed by atoms with Crippen molar-refractivity contribution in [2.24, 2.45) is 0 Å². The molecule has 1 atom stereocenters. The zero-order chi connectivity index (χ0) is 20.1. The van der Waals surface area contributed by atoms with E-state index in [1.54, 1.807) is 30.3 Å². The monoisotopic (exact) mass is 442 g/mol. The van der Waals surface area contributed by atoms with Gasteiger partial charge in [0.05, 0.1) is 26.7 Å². The molecule has 28 heavy (non-hydrogen) atoms. The first-order chi connectivity index (χ1) is 13.4. The lowest BCUT2D eigenvalue weighted by atomic mass is 10.2. The van der Waals surface area contributed by atoms with Crippen LogP contribution in [0.4, 0.5) is 5.69 Å². The predicted molar refractivity (Wildman–Crippen MR) is 109 cm³/mol. The van der Waals surface area contributed by atoms with Gasteiger partial charge in [0.15, 0.2) is 0 Å². The van der Waals surface area contributed by atoms with Crippen molar-refractivity contribution in [2.45, 2.75) is 23.8 Å². The van der Waals surface area contributed by atoms with Crippen LogP contribution >= 0.6 is 23.2 Å². The molecule has 0 saturated carbocycles. The van der Waals surface area contributed by atoms with Crippen molar-refractivity contribution in [2.75, 3.05) is 24.0 Å². The number of amides is 1. The first kappa shape index (κ1) is 20.9.